The average molecular weight is 1110 g/mol. The SMILES string of the molecule is CC(C)Cc1cc(-c2[c-]ccc(C(C)(C)C)c2)nc[c]1[Ge]([CH3])([CH3])[CH3].CC(C)c1ccc2c(n1)oc1c(-c3nc4cnccc4n3-c3c(C(C)C)cc4ccccc4c3C(C)C)[c-]ccc12.[Ir]. The van der Waals surface area contributed by atoms with Crippen molar-refractivity contribution >= 4 is 61.5 Å². The third-order valence-corrected chi connectivity index (χ3v) is 16.8. The average Bonchev–Trinajstić information content (AvgIpc) is 3.83. The minimum absolute atomic E-state index is 0. The van der Waals surface area contributed by atoms with Crippen molar-refractivity contribution in [3.63, 3.8) is 0 Å². The molecule has 5 aromatic heterocycles. The van der Waals surface area contributed by atoms with Gasteiger partial charge in [-0.1, -0.05) is 76.8 Å². The Balaban J connectivity index is 0.000000223. The van der Waals surface area contributed by atoms with Crippen LogP contribution in [-0.2, 0) is 31.9 Å². The van der Waals surface area contributed by atoms with E-state index in [9.17, 15) is 0 Å². The fourth-order valence-electron chi connectivity index (χ4n) is 9.12. The summed E-state index contributed by atoms with van der Waals surface area (Å²) in [7, 11) is 0. The Morgan fingerprint density at radius 3 is 2.17 bits per heavy atom. The largest absolute Gasteiger partial charge is 0.486 e. The molecule has 1 radical (unpaired) electrons. The van der Waals surface area contributed by atoms with Gasteiger partial charge in [-0.15, -0.1) is 18.2 Å². The maximum absolute atomic E-state index is 6.53. The first-order valence-electron chi connectivity index (χ1n) is 23.5. The van der Waals surface area contributed by atoms with E-state index in [-0.39, 0.29) is 31.4 Å². The maximum Gasteiger partial charge on any atom is 0.216 e. The van der Waals surface area contributed by atoms with E-state index in [1.54, 1.807) is 4.40 Å². The molecule has 0 bridgehead atoms. The molecular formula is C58H65GeIrN5O-2. The van der Waals surface area contributed by atoms with Crippen molar-refractivity contribution in [3.8, 4) is 28.3 Å². The van der Waals surface area contributed by atoms with E-state index in [0.717, 1.165) is 62.1 Å². The zero-order chi connectivity index (χ0) is 46.5. The molecule has 6 nitrogen and oxygen atoms in total. The summed E-state index contributed by atoms with van der Waals surface area (Å²) in [6, 6.07) is 37.0. The van der Waals surface area contributed by atoms with Gasteiger partial charge in [0, 0.05) is 43.1 Å². The number of hydrogen-bond acceptors (Lipinski definition) is 5. The van der Waals surface area contributed by atoms with Crippen LogP contribution in [0.1, 0.15) is 122 Å². The number of fused-ring (bicyclic) bond motifs is 5. The third-order valence-electron chi connectivity index (χ3n) is 12.5. The predicted octanol–water partition coefficient (Wildman–Crippen LogP) is 15.3. The maximum atomic E-state index is 6.53. The van der Waals surface area contributed by atoms with Crippen LogP contribution in [0.15, 0.2) is 108 Å². The van der Waals surface area contributed by atoms with Crippen LogP contribution in [0.25, 0.3) is 72.2 Å². The van der Waals surface area contributed by atoms with Gasteiger partial charge in [0.05, 0.1) is 28.6 Å². The van der Waals surface area contributed by atoms with E-state index >= 15 is 0 Å². The van der Waals surface area contributed by atoms with Crippen LogP contribution in [0.2, 0.25) is 17.3 Å². The van der Waals surface area contributed by atoms with Gasteiger partial charge in [-0.05, 0) is 63.9 Å². The summed E-state index contributed by atoms with van der Waals surface area (Å²) >= 11 is -1.91. The number of pyridine rings is 3. The Labute approximate surface area is 408 Å². The zero-order valence-electron chi connectivity index (χ0n) is 41.3. The van der Waals surface area contributed by atoms with Gasteiger partial charge in [-0.2, -0.15) is 0 Å². The van der Waals surface area contributed by atoms with Gasteiger partial charge in [0.25, 0.3) is 0 Å². The first kappa shape index (κ1) is 49.0. The Morgan fingerprint density at radius 2 is 1.48 bits per heavy atom. The van der Waals surface area contributed by atoms with Crippen LogP contribution in [0.4, 0.5) is 0 Å². The molecule has 66 heavy (non-hydrogen) atoms. The first-order valence-corrected chi connectivity index (χ1v) is 30.8. The standard InChI is InChI=1S/C36H33N4O.C22H32GeN.Ir/c1-20(2)28-18-23-10-7-8-11-24(23)32(22(5)6)33(28)40-31-16-17-37-19-30(31)38-35(40)27-13-9-12-25-26-14-15-29(21(3)4)39-36(26)41-34(25)27;1-16(2)12-18-14-21(24-15-20(18)23(6,7)8)17-10-9-11-19(13-17)22(3,4)5;/h7-12,14-22H,1-6H3;9,11,13-16H,12H2,1-8H3;/q2*-1;. The van der Waals surface area contributed by atoms with Gasteiger partial charge in [0.1, 0.15) is 0 Å². The van der Waals surface area contributed by atoms with Crippen LogP contribution < -0.4 is 4.40 Å². The van der Waals surface area contributed by atoms with Gasteiger partial charge in [-0.25, -0.2) is 4.98 Å². The van der Waals surface area contributed by atoms with Crippen molar-refractivity contribution in [1.29, 1.82) is 0 Å². The summed E-state index contributed by atoms with van der Waals surface area (Å²) in [6.07, 6.45) is 6.98. The van der Waals surface area contributed by atoms with Gasteiger partial charge in [0.15, 0.2) is 0 Å². The molecule has 0 unspecified atom stereocenters. The molecule has 343 valence electrons. The van der Waals surface area contributed by atoms with Crippen molar-refractivity contribution in [1.82, 2.24) is 24.5 Å². The summed E-state index contributed by atoms with van der Waals surface area (Å²) in [4.78, 5) is 19.3. The van der Waals surface area contributed by atoms with Crippen LogP contribution >= 0.6 is 0 Å². The second-order valence-corrected chi connectivity index (χ2v) is 31.7. The number of imidazole rings is 1. The van der Waals surface area contributed by atoms with Gasteiger partial charge in [-0.3, -0.25) is 9.97 Å². The number of aromatic nitrogens is 5. The Kier molecular flexibility index (Phi) is 14.4. The Hall–Kier alpha value is -4.95. The third kappa shape index (κ3) is 9.72. The molecule has 0 saturated heterocycles. The molecule has 8 heteroatoms. The molecule has 9 rings (SSSR count). The van der Waals surface area contributed by atoms with E-state index in [1.165, 1.54) is 38.7 Å². The molecule has 0 aliphatic rings. The second kappa shape index (κ2) is 19.3. The van der Waals surface area contributed by atoms with Crippen molar-refractivity contribution in [2.75, 3.05) is 0 Å². The smallest absolute Gasteiger partial charge is 0.216 e. The molecule has 0 saturated carbocycles. The van der Waals surface area contributed by atoms with Gasteiger partial charge < -0.3 is 8.98 Å². The molecule has 9 aromatic rings. The van der Waals surface area contributed by atoms with E-state index in [1.807, 2.05) is 24.5 Å². The number of benzene rings is 4. The van der Waals surface area contributed by atoms with Crippen molar-refractivity contribution < 1.29 is 24.5 Å². The number of nitrogens with zero attached hydrogens (tertiary/aromatic N) is 5. The Bertz CT molecular complexity index is 3180. The minimum atomic E-state index is -1.91. The summed E-state index contributed by atoms with van der Waals surface area (Å²) < 4.78 is 10.4. The molecule has 0 spiro atoms. The quantitative estimate of drug-likeness (QED) is 0.106. The van der Waals surface area contributed by atoms with E-state index < -0.39 is 13.3 Å². The summed E-state index contributed by atoms with van der Waals surface area (Å²) in [6.45, 7) is 24.7. The molecule has 0 aliphatic heterocycles. The van der Waals surface area contributed by atoms with Crippen LogP contribution in [0.5, 0.6) is 0 Å². The van der Waals surface area contributed by atoms with Crippen molar-refractivity contribution in [3.05, 3.63) is 144 Å². The fraction of sp³-hybridized carbons (Fsp3) is 0.345. The molecule has 0 aliphatic carbocycles. The normalized spacial score (nSPS) is 12.3. The van der Waals surface area contributed by atoms with E-state index in [4.69, 9.17) is 19.4 Å². The molecule has 0 amide bonds. The Morgan fingerprint density at radius 1 is 0.742 bits per heavy atom. The zero-order valence-corrected chi connectivity index (χ0v) is 45.8. The van der Waals surface area contributed by atoms with Gasteiger partial charge >= 0.3 is 151 Å². The summed E-state index contributed by atoms with van der Waals surface area (Å²) in [5.41, 5.74) is 14.0. The van der Waals surface area contributed by atoms with Crippen LogP contribution in [0, 0.1) is 18.1 Å². The van der Waals surface area contributed by atoms with Gasteiger partial charge in [0.2, 0.25) is 5.71 Å². The number of rotatable bonds is 9. The second-order valence-electron chi connectivity index (χ2n) is 21.2. The number of hydrogen-bond donors (Lipinski definition) is 0. The topological polar surface area (TPSA) is 69.6 Å². The molecule has 0 atom stereocenters. The van der Waals surface area contributed by atoms with E-state index in [2.05, 4.69) is 194 Å². The number of furan rings is 1. The summed E-state index contributed by atoms with van der Waals surface area (Å²) in [5.74, 6) is 9.70. The first-order chi connectivity index (χ1) is 30.8. The van der Waals surface area contributed by atoms with Crippen LogP contribution in [0.3, 0.4) is 0 Å². The minimum Gasteiger partial charge on any atom is -0.486 e. The summed E-state index contributed by atoms with van der Waals surface area (Å²) in [5, 5.41) is 4.54. The fourth-order valence-corrected chi connectivity index (χ4v) is 12.5. The van der Waals surface area contributed by atoms with Crippen molar-refractivity contribution in [2.45, 2.75) is 123 Å². The molecule has 5 heterocycles. The molecule has 0 N–H and O–H groups in total. The monoisotopic (exact) mass is 1110 g/mol. The predicted molar refractivity (Wildman–Crippen MR) is 277 cm³/mol. The van der Waals surface area contributed by atoms with E-state index in [0.29, 0.717) is 23.5 Å². The molecular weight excluding hydrogens is 1050 g/mol. The van der Waals surface area contributed by atoms with Crippen molar-refractivity contribution in [2.24, 2.45) is 5.92 Å². The molecule has 4 aromatic carbocycles. The van der Waals surface area contributed by atoms with Crippen LogP contribution in [-0.4, -0.2) is 37.8 Å². The molecule has 0 fully saturated rings.